The maximum atomic E-state index is 7.27. The Morgan fingerprint density at radius 2 is 1.44 bits per heavy atom. The maximum Gasteiger partial charge on any atom is 0.217 e. The lowest BCUT2D eigenvalue weighted by molar-refractivity contribution is -0.723. The molecule has 2 unspecified atom stereocenters. The van der Waals surface area contributed by atoms with E-state index in [0.29, 0.717) is 6.54 Å². The van der Waals surface area contributed by atoms with E-state index in [4.69, 9.17) is 11.0 Å². The quantitative estimate of drug-likeness (QED) is 0.120. The standard InChI is InChI=1S/C53H52N2OS/c1-29-14-18-38-42(24-29)39-19-16-36-17-20-40-41-22-21-37-34(6)35(7)57-52(37)51(41)56-50(40)48(36)46-25-44(53(8,9)10)43(47-31(3)12-11-13-32(47)4)28-54(46)27-33(5)49(39)55-26-30(2)15-23-45(38)55/h11-15,17-18,20-26,28,39,49H,5,16,19,27H2,1-4,6-10H3/q+2. The van der Waals surface area contributed by atoms with E-state index in [9.17, 15) is 0 Å². The van der Waals surface area contributed by atoms with Gasteiger partial charge in [0.15, 0.2) is 30.6 Å². The molecule has 10 rings (SSSR count). The van der Waals surface area contributed by atoms with Crippen LogP contribution in [0.1, 0.15) is 88.5 Å². The molecule has 4 aromatic heterocycles. The fraction of sp³-hybridized carbons (Fsp3) is 0.283. The van der Waals surface area contributed by atoms with E-state index in [1.807, 2.05) is 11.3 Å². The van der Waals surface area contributed by atoms with Crippen LogP contribution in [0.2, 0.25) is 0 Å². The van der Waals surface area contributed by atoms with Crippen LogP contribution >= 0.6 is 11.3 Å². The van der Waals surface area contributed by atoms with Gasteiger partial charge in [-0.05, 0) is 122 Å². The number of fused-ring (bicyclic) bond motifs is 15. The summed E-state index contributed by atoms with van der Waals surface area (Å²) in [6.45, 7) is 26.2. The zero-order valence-corrected chi connectivity index (χ0v) is 35.7. The number of nitrogens with zero attached hydrogens (tertiary/aromatic N) is 2. The van der Waals surface area contributed by atoms with Crippen LogP contribution in [0.5, 0.6) is 0 Å². The molecule has 284 valence electrons. The van der Waals surface area contributed by atoms with Crippen molar-refractivity contribution >= 4 is 43.4 Å². The summed E-state index contributed by atoms with van der Waals surface area (Å²) >= 11 is 1.86. The first-order chi connectivity index (χ1) is 27.3. The average molecular weight is 765 g/mol. The lowest BCUT2D eigenvalue weighted by atomic mass is 9.75. The Morgan fingerprint density at radius 3 is 2.21 bits per heavy atom. The minimum atomic E-state index is -0.117. The highest BCUT2D eigenvalue weighted by molar-refractivity contribution is 7.20. The minimum absolute atomic E-state index is 0.107. The number of furan rings is 1. The molecule has 8 aromatic rings. The molecule has 2 atom stereocenters. The molecule has 0 radical (unpaired) electrons. The van der Waals surface area contributed by atoms with E-state index >= 15 is 0 Å². The first-order valence-corrected chi connectivity index (χ1v) is 21.4. The Balaban J connectivity index is 1.30. The molecule has 0 saturated carbocycles. The molecular formula is C53H52N2OS+2. The number of benzene rings is 4. The Morgan fingerprint density at radius 1 is 0.719 bits per heavy atom. The van der Waals surface area contributed by atoms with Gasteiger partial charge < -0.3 is 4.42 Å². The highest BCUT2D eigenvalue weighted by atomic mass is 32.1. The zero-order valence-electron chi connectivity index (χ0n) is 34.9. The summed E-state index contributed by atoms with van der Waals surface area (Å²) in [6, 6.07) is 30.3. The van der Waals surface area contributed by atoms with Gasteiger partial charge in [0.1, 0.15) is 5.58 Å². The molecule has 0 saturated heterocycles. The fourth-order valence-corrected chi connectivity index (χ4v) is 11.5. The van der Waals surface area contributed by atoms with Crippen LogP contribution in [-0.4, -0.2) is 0 Å². The first kappa shape index (κ1) is 36.0. The number of aromatic nitrogens is 2. The number of allylic oxidation sites excluding steroid dienone is 1. The maximum absolute atomic E-state index is 7.27. The number of pyridine rings is 2. The van der Waals surface area contributed by atoms with Crippen LogP contribution < -0.4 is 9.13 Å². The predicted molar refractivity (Wildman–Crippen MR) is 239 cm³/mol. The van der Waals surface area contributed by atoms with E-state index in [-0.39, 0.29) is 17.4 Å². The second-order valence-electron chi connectivity index (χ2n) is 18.1. The molecule has 0 amide bonds. The molecule has 4 aromatic carbocycles. The molecule has 0 aliphatic carbocycles. The number of aryl methyl sites for hydroxylation is 7. The Bertz CT molecular complexity index is 3000. The highest BCUT2D eigenvalue weighted by Crippen LogP contribution is 2.48. The lowest BCUT2D eigenvalue weighted by Crippen LogP contribution is -2.51. The Labute approximate surface area is 341 Å². The van der Waals surface area contributed by atoms with Crippen molar-refractivity contribution < 1.29 is 13.6 Å². The third-order valence-electron chi connectivity index (χ3n) is 13.2. The summed E-state index contributed by atoms with van der Waals surface area (Å²) in [4.78, 5) is 1.35. The zero-order chi connectivity index (χ0) is 39.7. The van der Waals surface area contributed by atoms with Crippen molar-refractivity contribution in [2.24, 2.45) is 0 Å². The monoisotopic (exact) mass is 764 g/mol. The first-order valence-electron chi connectivity index (χ1n) is 20.6. The third-order valence-corrected chi connectivity index (χ3v) is 14.4. The van der Waals surface area contributed by atoms with Crippen molar-refractivity contribution in [2.75, 3.05) is 0 Å². The van der Waals surface area contributed by atoms with Crippen molar-refractivity contribution in [1.82, 2.24) is 0 Å². The largest absolute Gasteiger partial charge is 0.454 e. The summed E-state index contributed by atoms with van der Waals surface area (Å²) in [5, 5.41) is 3.67. The average Bonchev–Trinajstić information content (AvgIpc) is 3.69. The van der Waals surface area contributed by atoms with Gasteiger partial charge in [0.2, 0.25) is 11.4 Å². The van der Waals surface area contributed by atoms with Gasteiger partial charge in [-0.2, -0.15) is 9.13 Å². The van der Waals surface area contributed by atoms with Crippen molar-refractivity contribution in [1.29, 1.82) is 0 Å². The van der Waals surface area contributed by atoms with Crippen molar-refractivity contribution in [3.05, 3.63) is 153 Å². The molecule has 0 spiro atoms. The van der Waals surface area contributed by atoms with Gasteiger partial charge in [0.05, 0.1) is 27.3 Å². The number of rotatable bonds is 1. The van der Waals surface area contributed by atoms with Crippen LogP contribution in [0.3, 0.4) is 0 Å². The molecule has 6 heterocycles. The van der Waals surface area contributed by atoms with Crippen molar-refractivity contribution in [3.63, 3.8) is 0 Å². The summed E-state index contributed by atoms with van der Waals surface area (Å²) in [7, 11) is 0. The number of hydrogen-bond donors (Lipinski definition) is 0. The summed E-state index contributed by atoms with van der Waals surface area (Å²) in [5.41, 5.74) is 21.4. The van der Waals surface area contributed by atoms with Gasteiger partial charge in [-0.15, -0.1) is 11.3 Å². The van der Waals surface area contributed by atoms with Crippen LogP contribution in [0.4, 0.5) is 0 Å². The predicted octanol–water partition coefficient (Wildman–Crippen LogP) is 13.4. The second-order valence-corrected chi connectivity index (χ2v) is 19.4. The van der Waals surface area contributed by atoms with Gasteiger partial charge >= 0.3 is 0 Å². The summed E-state index contributed by atoms with van der Waals surface area (Å²) < 4.78 is 13.6. The summed E-state index contributed by atoms with van der Waals surface area (Å²) in [5.74, 6) is 0.261. The minimum Gasteiger partial charge on any atom is -0.454 e. The molecule has 4 heteroatoms. The topological polar surface area (TPSA) is 20.9 Å². The van der Waals surface area contributed by atoms with Gasteiger partial charge in [0.25, 0.3) is 0 Å². The van der Waals surface area contributed by atoms with E-state index < -0.39 is 0 Å². The molecule has 0 bridgehead atoms. The van der Waals surface area contributed by atoms with Gasteiger partial charge in [-0.3, -0.25) is 0 Å². The number of hydrogen-bond acceptors (Lipinski definition) is 2. The lowest BCUT2D eigenvalue weighted by Gasteiger charge is -2.32. The van der Waals surface area contributed by atoms with Crippen LogP contribution in [-0.2, 0) is 18.4 Å². The third kappa shape index (κ3) is 5.51. The van der Waals surface area contributed by atoms with Crippen molar-refractivity contribution in [2.45, 2.75) is 99.1 Å². The molecule has 2 aliphatic heterocycles. The normalized spacial score (nSPS) is 16.7. The molecule has 57 heavy (non-hydrogen) atoms. The molecule has 3 nitrogen and oxygen atoms in total. The molecule has 2 aliphatic rings. The van der Waals surface area contributed by atoms with Gasteiger partial charge in [-0.1, -0.05) is 81.4 Å². The Hall–Kier alpha value is -5.32. The SMILES string of the molecule is C=C1C[n+]2cc(-c3c(C)cccc3C)c(C(C)(C)C)cc2-c2c(ccc3c2oc2c3ccc3c(C)c(C)sc32)CCC2c3cc(C)ccc3-c3ccc(C)c[n+]3C12. The van der Waals surface area contributed by atoms with Gasteiger partial charge in [0, 0.05) is 38.9 Å². The van der Waals surface area contributed by atoms with E-state index in [1.54, 1.807) is 0 Å². The Kier molecular flexibility index (Phi) is 8.12. The molecule has 0 N–H and O–H groups in total. The van der Waals surface area contributed by atoms with E-state index in [2.05, 4.69) is 163 Å². The van der Waals surface area contributed by atoms with Crippen LogP contribution in [0.15, 0.2) is 108 Å². The fourth-order valence-electron chi connectivity index (χ4n) is 10.3. The number of thiophene rings is 1. The van der Waals surface area contributed by atoms with E-state index in [1.165, 1.54) is 109 Å². The highest BCUT2D eigenvalue weighted by Gasteiger charge is 2.44. The molecule has 0 fully saturated rings. The van der Waals surface area contributed by atoms with Gasteiger partial charge in [-0.25, -0.2) is 0 Å². The van der Waals surface area contributed by atoms with E-state index in [0.717, 1.165) is 24.0 Å². The smallest absolute Gasteiger partial charge is 0.217 e. The van der Waals surface area contributed by atoms with Crippen LogP contribution in [0, 0.1) is 41.5 Å². The second kappa shape index (κ2) is 12.8. The molecular weight excluding hydrogens is 713 g/mol. The summed E-state index contributed by atoms with van der Waals surface area (Å²) in [6.07, 6.45) is 6.75. The van der Waals surface area contributed by atoms with Crippen LogP contribution in [0.25, 0.3) is 65.7 Å². The van der Waals surface area contributed by atoms with Crippen molar-refractivity contribution in [3.8, 4) is 33.6 Å².